The van der Waals surface area contributed by atoms with Gasteiger partial charge in [0.05, 0.1) is 18.1 Å². The highest BCUT2D eigenvalue weighted by atomic mass is 19.4. The van der Waals surface area contributed by atoms with Crippen LogP contribution in [-0.2, 0) is 6.18 Å². The summed E-state index contributed by atoms with van der Waals surface area (Å²) in [4.78, 5) is 22.9. The van der Waals surface area contributed by atoms with Gasteiger partial charge < -0.3 is 5.11 Å². The van der Waals surface area contributed by atoms with E-state index in [0.717, 1.165) is 6.07 Å². The lowest BCUT2D eigenvalue weighted by Crippen LogP contribution is -2.04. The van der Waals surface area contributed by atoms with Crippen molar-refractivity contribution in [2.45, 2.75) is 6.18 Å². The second-order valence-electron chi connectivity index (χ2n) is 4.67. The van der Waals surface area contributed by atoms with Crippen LogP contribution in [0.2, 0.25) is 0 Å². The zero-order valence-corrected chi connectivity index (χ0v) is 11.7. The summed E-state index contributed by atoms with van der Waals surface area (Å²) in [5.41, 5.74) is -0.676. The second kappa shape index (κ2) is 5.72. The number of rotatable bonds is 3. The molecule has 0 fully saturated rings. The molecule has 0 aliphatic carbocycles. The number of nitrogens with one attached hydrogen (secondary N) is 1. The summed E-state index contributed by atoms with van der Waals surface area (Å²) in [5.74, 6) is -1.21. The minimum Gasteiger partial charge on any atom is -0.477 e. The third-order valence-electron chi connectivity index (χ3n) is 3.01. The molecule has 0 saturated heterocycles. The monoisotopic (exact) mass is 335 g/mol. The number of pyridine rings is 1. The first-order chi connectivity index (χ1) is 11.3. The average molecular weight is 335 g/mol. The number of hydrogen-bond acceptors (Lipinski definition) is 5. The van der Waals surface area contributed by atoms with Gasteiger partial charge in [-0.05, 0) is 18.2 Å². The van der Waals surface area contributed by atoms with Crippen LogP contribution in [0.5, 0.6) is 0 Å². The standard InChI is InChI=1S/C14H8F3N5O2/c15-14(16,17)12-4-9(21-22-12)11-6-18-5-10(20-11)7-2-1-3-8(19-7)13(23)24/h1-6H,(H,21,22)(H,23,24). The summed E-state index contributed by atoms with van der Waals surface area (Å²) in [6.07, 6.45) is -1.97. The summed E-state index contributed by atoms with van der Waals surface area (Å²) in [6, 6.07) is 5.13. The van der Waals surface area contributed by atoms with Crippen LogP contribution in [0.3, 0.4) is 0 Å². The van der Waals surface area contributed by atoms with E-state index in [1.54, 1.807) is 0 Å². The molecule has 0 atom stereocenters. The van der Waals surface area contributed by atoms with Crippen molar-refractivity contribution in [1.29, 1.82) is 0 Å². The van der Waals surface area contributed by atoms with Gasteiger partial charge in [0.25, 0.3) is 0 Å². The van der Waals surface area contributed by atoms with E-state index in [1.165, 1.54) is 30.6 Å². The molecule has 0 bridgehead atoms. The molecule has 3 rings (SSSR count). The van der Waals surface area contributed by atoms with Crippen molar-refractivity contribution in [2.75, 3.05) is 0 Å². The van der Waals surface area contributed by atoms with Crippen molar-refractivity contribution in [3.05, 3.63) is 48.0 Å². The number of alkyl halides is 3. The Kier molecular flexibility index (Phi) is 3.72. The van der Waals surface area contributed by atoms with Gasteiger partial charge in [-0.25, -0.2) is 14.8 Å². The second-order valence-corrected chi connectivity index (χ2v) is 4.67. The van der Waals surface area contributed by atoms with Crippen molar-refractivity contribution in [1.82, 2.24) is 25.1 Å². The van der Waals surface area contributed by atoms with Gasteiger partial charge in [0, 0.05) is 0 Å². The van der Waals surface area contributed by atoms with Crippen LogP contribution in [0.15, 0.2) is 36.7 Å². The van der Waals surface area contributed by atoms with E-state index in [4.69, 9.17) is 5.11 Å². The quantitative estimate of drug-likeness (QED) is 0.762. The topological polar surface area (TPSA) is 105 Å². The number of H-pyrrole nitrogens is 1. The molecule has 3 heterocycles. The number of aromatic nitrogens is 5. The number of hydrogen-bond donors (Lipinski definition) is 2. The SMILES string of the molecule is O=C(O)c1cccc(-c2cncc(-c3cc(C(F)(F)F)[nH]n3)n2)n1. The third-order valence-corrected chi connectivity index (χ3v) is 3.01. The smallest absolute Gasteiger partial charge is 0.432 e. The van der Waals surface area contributed by atoms with E-state index >= 15 is 0 Å². The Bertz CT molecular complexity index is 907. The summed E-state index contributed by atoms with van der Waals surface area (Å²) in [7, 11) is 0. The minimum atomic E-state index is -4.55. The van der Waals surface area contributed by atoms with Crippen molar-refractivity contribution >= 4 is 5.97 Å². The van der Waals surface area contributed by atoms with Crippen LogP contribution in [-0.4, -0.2) is 36.2 Å². The lowest BCUT2D eigenvalue weighted by Gasteiger charge is -2.03. The first-order valence-electron chi connectivity index (χ1n) is 6.50. The molecule has 3 aromatic rings. The molecule has 0 amide bonds. The molecule has 10 heteroatoms. The molecule has 0 saturated carbocycles. The highest BCUT2D eigenvalue weighted by molar-refractivity contribution is 5.86. The van der Waals surface area contributed by atoms with Crippen LogP contribution < -0.4 is 0 Å². The van der Waals surface area contributed by atoms with Crippen LogP contribution in [0.1, 0.15) is 16.2 Å². The largest absolute Gasteiger partial charge is 0.477 e. The number of carboxylic acids is 1. The first-order valence-corrected chi connectivity index (χ1v) is 6.50. The maximum absolute atomic E-state index is 12.6. The highest BCUT2D eigenvalue weighted by Crippen LogP contribution is 2.30. The Balaban J connectivity index is 1.99. The van der Waals surface area contributed by atoms with E-state index in [9.17, 15) is 18.0 Å². The van der Waals surface area contributed by atoms with Crippen LogP contribution in [0, 0.1) is 0 Å². The summed E-state index contributed by atoms with van der Waals surface area (Å²) in [5, 5.41) is 14.4. The molecule has 24 heavy (non-hydrogen) atoms. The summed E-state index contributed by atoms with van der Waals surface area (Å²) in [6.45, 7) is 0. The Morgan fingerprint density at radius 2 is 1.75 bits per heavy atom. The fourth-order valence-corrected chi connectivity index (χ4v) is 1.91. The Morgan fingerprint density at radius 3 is 2.38 bits per heavy atom. The predicted molar refractivity (Wildman–Crippen MR) is 74.8 cm³/mol. The normalized spacial score (nSPS) is 11.5. The van der Waals surface area contributed by atoms with Gasteiger partial charge in [0.1, 0.15) is 28.5 Å². The van der Waals surface area contributed by atoms with Crippen molar-refractivity contribution in [2.24, 2.45) is 0 Å². The molecule has 0 radical (unpaired) electrons. The zero-order chi connectivity index (χ0) is 17.3. The maximum atomic E-state index is 12.6. The van der Waals surface area contributed by atoms with Crippen molar-refractivity contribution in [3.63, 3.8) is 0 Å². The average Bonchev–Trinajstić information content (AvgIpc) is 3.05. The number of halogens is 3. The Labute approximate surface area is 132 Å². The molecule has 0 aliphatic heterocycles. The van der Waals surface area contributed by atoms with E-state index in [1.807, 2.05) is 5.10 Å². The van der Waals surface area contributed by atoms with Gasteiger partial charge in [-0.2, -0.15) is 18.3 Å². The van der Waals surface area contributed by atoms with Crippen LogP contribution in [0.4, 0.5) is 13.2 Å². The molecule has 7 nitrogen and oxygen atoms in total. The van der Waals surface area contributed by atoms with E-state index in [2.05, 4.69) is 20.1 Å². The van der Waals surface area contributed by atoms with E-state index in [0.29, 0.717) is 0 Å². The molecule has 0 spiro atoms. The Hall–Kier alpha value is -3.30. The number of nitrogens with zero attached hydrogens (tertiary/aromatic N) is 4. The number of carboxylic acid groups (broad SMARTS) is 1. The van der Waals surface area contributed by atoms with Gasteiger partial charge in [0.2, 0.25) is 0 Å². The van der Waals surface area contributed by atoms with Crippen molar-refractivity contribution < 1.29 is 23.1 Å². The van der Waals surface area contributed by atoms with Gasteiger partial charge in [-0.15, -0.1) is 0 Å². The van der Waals surface area contributed by atoms with Gasteiger partial charge in [0.15, 0.2) is 0 Å². The lowest BCUT2D eigenvalue weighted by molar-refractivity contribution is -0.141. The van der Waals surface area contributed by atoms with Crippen LogP contribution in [0.25, 0.3) is 22.8 Å². The van der Waals surface area contributed by atoms with E-state index in [-0.39, 0.29) is 28.5 Å². The summed E-state index contributed by atoms with van der Waals surface area (Å²) < 4.78 is 37.8. The molecule has 2 N–H and O–H groups in total. The Morgan fingerprint density at radius 1 is 1.04 bits per heavy atom. The molecule has 0 unspecified atom stereocenters. The molecule has 0 aliphatic rings. The van der Waals surface area contributed by atoms with Gasteiger partial charge in [-0.3, -0.25) is 10.1 Å². The molecular weight excluding hydrogens is 327 g/mol. The number of aromatic amines is 1. The van der Waals surface area contributed by atoms with Gasteiger partial charge in [-0.1, -0.05) is 6.07 Å². The van der Waals surface area contributed by atoms with Gasteiger partial charge >= 0.3 is 12.1 Å². The molecule has 0 aromatic carbocycles. The minimum absolute atomic E-state index is 0.0361. The zero-order valence-electron chi connectivity index (χ0n) is 11.7. The number of carbonyl (C=O) groups is 1. The van der Waals surface area contributed by atoms with Crippen LogP contribution >= 0.6 is 0 Å². The maximum Gasteiger partial charge on any atom is 0.432 e. The van der Waals surface area contributed by atoms with E-state index < -0.39 is 17.8 Å². The highest BCUT2D eigenvalue weighted by Gasteiger charge is 2.33. The molecule has 122 valence electrons. The lowest BCUT2D eigenvalue weighted by atomic mass is 10.2. The van der Waals surface area contributed by atoms with Crippen molar-refractivity contribution in [3.8, 4) is 22.8 Å². The predicted octanol–water partition coefficient (Wildman–Crippen LogP) is 2.65. The fraction of sp³-hybridized carbons (Fsp3) is 0.0714. The molecule has 3 aromatic heterocycles. The fourth-order valence-electron chi connectivity index (χ4n) is 1.91. The number of aromatic carboxylic acids is 1. The third kappa shape index (κ3) is 3.07. The first kappa shape index (κ1) is 15.6. The molecular formula is C14H8F3N5O2. The summed E-state index contributed by atoms with van der Waals surface area (Å²) >= 11 is 0.